The number of amides is 4. The van der Waals surface area contributed by atoms with Crippen LogP contribution in [0.3, 0.4) is 0 Å². The lowest BCUT2D eigenvalue weighted by Gasteiger charge is -2.38. The third-order valence-electron chi connectivity index (χ3n) is 26.8. The van der Waals surface area contributed by atoms with Crippen LogP contribution in [0.1, 0.15) is 241 Å². The molecule has 26 nitrogen and oxygen atoms in total. The molecule has 5 aliphatic heterocycles. The average molecular weight is 2070 g/mol. The maximum absolute atomic E-state index is 13.2. The molecule has 0 saturated heterocycles. The van der Waals surface area contributed by atoms with Crippen molar-refractivity contribution in [3.05, 3.63) is 288 Å². The summed E-state index contributed by atoms with van der Waals surface area (Å²) in [5.74, 6) is -2.78. The van der Waals surface area contributed by atoms with E-state index in [0.29, 0.717) is 58.7 Å². The number of hydrogen-bond acceptors (Lipinski definition) is 20. The molecule has 28 heteroatoms. The van der Waals surface area contributed by atoms with E-state index in [1.54, 1.807) is 0 Å². The number of nitriles is 2. The van der Waals surface area contributed by atoms with Gasteiger partial charge >= 0.3 is 0 Å². The zero-order valence-electron chi connectivity index (χ0n) is 92.0. The van der Waals surface area contributed by atoms with Crippen LogP contribution in [0.4, 0.5) is 28.4 Å². The number of nitrogens with zero attached hydrogens (tertiary/aromatic N) is 12. The number of hydrogen-bond donors (Lipinski definition) is 0. The fraction of sp³-hybridized carbons (Fsp3) is 0.426. The summed E-state index contributed by atoms with van der Waals surface area (Å²) in [6.45, 7) is 73.2. The predicted molar refractivity (Wildman–Crippen MR) is 599 cm³/mol. The van der Waals surface area contributed by atoms with E-state index in [2.05, 4.69) is 258 Å². The Morgan fingerprint density at radius 2 is 1.02 bits per heavy atom. The van der Waals surface area contributed by atoms with Crippen LogP contribution < -0.4 is 40.4 Å². The van der Waals surface area contributed by atoms with Gasteiger partial charge in [0, 0.05) is 172 Å². The Labute approximate surface area is 893 Å². The zero-order valence-corrected chi connectivity index (χ0v) is 93.7. The number of pyridine rings is 2. The minimum absolute atomic E-state index is 0.00984. The molecule has 5 aromatic carbocycles. The van der Waals surface area contributed by atoms with Gasteiger partial charge in [0.2, 0.25) is 11.4 Å². The maximum atomic E-state index is 13.2. The molecule has 0 spiro atoms. The van der Waals surface area contributed by atoms with E-state index in [1.165, 1.54) is 151 Å². The molecule has 0 N–H and O–H groups in total. The highest BCUT2D eigenvalue weighted by molar-refractivity contribution is 8.03. The second kappa shape index (κ2) is 51.2. The highest BCUT2D eigenvalue weighted by Gasteiger charge is 2.51. The summed E-state index contributed by atoms with van der Waals surface area (Å²) in [4.78, 5) is 94.5. The summed E-state index contributed by atoms with van der Waals surface area (Å²) in [6.07, 6.45) is 29.7. The Bertz CT molecular complexity index is 6960. The summed E-state index contributed by atoms with van der Waals surface area (Å²) in [6, 6.07) is 37.0. The number of thioether (sulfide) groups is 1. The van der Waals surface area contributed by atoms with Gasteiger partial charge in [-0.15, -0.1) is 0 Å². The second-order valence-electron chi connectivity index (χ2n) is 41.5. The molecular weight excluding hydrogens is 1920 g/mol. The van der Waals surface area contributed by atoms with Crippen molar-refractivity contribution in [2.24, 2.45) is 0 Å². The third-order valence-corrected chi connectivity index (χ3v) is 29.1. The van der Waals surface area contributed by atoms with Gasteiger partial charge in [0.15, 0.2) is 22.6 Å². The van der Waals surface area contributed by atoms with Crippen molar-refractivity contribution in [2.45, 2.75) is 289 Å². The number of carbonyl (C=O) groups is 4. The number of thiazole rings is 1. The molecular formula is C122H146N12O14S2. The van der Waals surface area contributed by atoms with E-state index in [4.69, 9.17) is 41.6 Å². The maximum Gasteiger partial charge on any atom is 0.271 e. The molecule has 4 amide bonds. The van der Waals surface area contributed by atoms with Gasteiger partial charge in [-0.25, -0.2) is 9.69 Å². The van der Waals surface area contributed by atoms with E-state index in [0.717, 1.165) is 50.8 Å². The summed E-state index contributed by atoms with van der Waals surface area (Å²) < 4.78 is 40.5. The Morgan fingerprint density at radius 1 is 0.553 bits per heavy atom. The summed E-state index contributed by atoms with van der Waals surface area (Å²) in [5, 5.41) is 52.5. The topological polar surface area (TPSA) is 290 Å². The fourth-order valence-electron chi connectivity index (χ4n) is 19.6. The standard InChI is InChI=1S/C39H45N2.2C29H36N4O6.C25H31N2O2S2/c1-36(2,3)40-30-24-22-26-16-11-13-18-28(26)34(30)38(7,8)32(40)20-15-21-33-39(9,10)35-29-19-14-12-17-27(29)23-25-31(35)41(33)37(4,5)6;2*1-18(2)38-15-9-13-32-26(34)22(20(5)24(17-30)28(32)36)11-8-12-23-21(6)25(31-7)29(37)33(27(23)35)14-10-16-39-19(3)4;1-5-26-20-14-12-18(28-7-3)16-22(20)30-24(26)10-9-11-25-27(6-2)21-15-13-19(29-8-4)17-23(21)31-25/h11-25H,1-10H3;2*8,11-12,18-19,37H,9-10,13-16H2,1-6H3;9-16,19H,5-8,17H2,1-4H3/q+1;;;+1/p-2. The molecule has 1 unspecified atom stereocenters. The lowest BCUT2D eigenvalue weighted by molar-refractivity contribution is -0.692. The minimum Gasteiger partial charge on any atom is -0.869 e. The first kappa shape index (κ1) is 117. The van der Waals surface area contributed by atoms with Crippen LogP contribution in [-0.4, -0.2) is 154 Å². The number of imide groups is 2. The molecule has 8 aromatic rings. The van der Waals surface area contributed by atoms with Crippen LogP contribution in [0, 0.1) is 49.7 Å². The molecule has 0 bridgehead atoms. The first-order chi connectivity index (χ1) is 71.2. The summed E-state index contributed by atoms with van der Waals surface area (Å²) in [7, 11) is 0. The Kier molecular flexibility index (Phi) is 39.8. The van der Waals surface area contributed by atoms with Crippen LogP contribution in [0.5, 0.6) is 17.5 Å². The van der Waals surface area contributed by atoms with Crippen LogP contribution in [-0.2, 0) is 79.7 Å². The summed E-state index contributed by atoms with van der Waals surface area (Å²) in [5.41, 5.74) is 10.3. The number of aromatic nitrogens is 3. The Balaban J connectivity index is 0.000000190. The third kappa shape index (κ3) is 26.1. The fourth-order valence-corrected chi connectivity index (χ4v) is 22.1. The highest BCUT2D eigenvalue weighted by Crippen LogP contribution is 2.55. The monoisotopic (exact) mass is 2070 g/mol. The van der Waals surface area contributed by atoms with Crippen molar-refractivity contribution in [2.75, 3.05) is 69.1 Å². The van der Waals surface area contributed by atoms with Crippen molar-refractivity contribution < 1.29 is 67.0 Å². The van der Waals surface area contributed by atoms with Gasteiger partial charge in [0.1, 0.15) is 35.6 Å². The smallest absolute Gasteiger partial charge is 0.271 e. The molecule has 1 atom stereocenters. The van der Waals surface area contributed by atoms with Gasteiger partial charge in [-0.2, -0.15) is 19.7 Å². The van der Waals surface area contributed by atoms with Crippen molar-refractivity contribution in [3.8, 4) is 29.6 Å². The van der Waals surface area contributed by atoms with E-state index in [9.17, 15) is 49.5 Å². The van der Waals surface area contributed by atoms with Crippen molar-refractivity contribution >= 4 is 127 Å². The number of ether oxygens (including phenoxy) is 6. The number of fused-ring (bicyclic) bond motifs is 8. The predicted octanol–water partition coefficient (Wildman–Crippen LogP) is 23.2. The summed E-state index contributed by atoms with van der Waals surface area (Å²) >= 11 is 3.69. The van der Waals surface area contributed by atoms with Crippen LogP contribution in [0.15, 0.2) is 210 Å². The molecule has 0 radical (unpaired) electrons. The molecule has 150 heavy (non-hydrogen) atoms. The van der Waals surface area contributed by atoms with Gasteiger partial charge in [0.25, 0.3) is 39.8 Å². The van der Waals surface area contributed by atoms with Gasteiger partial charge in [-0.3, -0.25) is 38.6 Å². The van der Waals surface area contributed by atoms with E-state index in [-0.39, 0.29) is 146 Å². The van der Waals surface area contributed by atoms with Gasteiger partial charge in [-0.05, 0) is 293 Å². The number of benzene rings is 5. The lowest BCUT2D eigenvalue weighted by atomic mass is 9.78. The van der Waals surface area contributed by atoms with Gasteiger partial charge in [0.05, 0.1) is 71.3 Å². The van der Waals surface area contributed by atoms with Gasteiger partial charge < -0.3 is 57.6 Å². The molecule has 0 fully saturated rings. The number of rotatable bonds is 34. The molecule has 8 heterocycles. The van der Waals surface area contributed by atoms with E-state index < -0.39 is 46.5 Å². The first-order valence-corrected chi connectivity index (χ1v) is 53.6. The first-order valence-electron chi connectivity index (χ1n) is 51.9. The highest BCUT2D eigenvalue weighted by atomic mass is 32.2. The van der Waals surface area contributed by atoms with E-state index >= 15 is 0 Å². The van der Waals surface area contributed by atoms with Crippen LogP contribution >= 0.6 is 23.1 Å². The number of carbonyl (C=O) groups excluding carboxylic acids is 4. The van der Waals surface area contributed by atoms with Crippen LogP contribution in [0.2, 0.25) is 0 Å². The zero-order chi connectivity index (χ0) is 110. The van der Waals surface area contributed by atoms with Crippen LogP contribution in [0.25, 0.3) is 55.5 Å². The normalized spacial score (nSPS) is 17.0. The largest absolute Gasteiger partial charge is 0.869 e. The van der Waals surface area contributed by atoms with Crippen molar-refractivity contribution in [1.82, 2.24) is 18.9 Å². The number of allylic oxidation sites excluding steroid dienone is 10. The number of anilines is 2. The molecule has 790 valence electrons. The van der Waals surface area contributed by atoms with E-state index in [1.807, 2.05) is 97.6 Å². The molecule has 1 aliphatic carbocycles. The molecule has 3 aromatic heterocycles. The molecule has 0 saturated carbocycles. The van der Waals surface area contributed by atoms with Gasteiger partial charge in [-0.1, -0.05) is 128 Å². The quantitative estimate of drug-likeness (QED) is 0.0119. The van der Waals surface area contributed by atoms with Crippen molar-refractivity contribution in [1.29, 1.82) is 10.5 Å². The molecule has 14 rings (SSSR count). The molecule has 6 aliphatic rings. The van der Waals surface area contributed by atoms with Crippen molar-refractivity contribution in [3.63, 3.8) is 0 Å². The SMILES string of the molecule is CC1(C)C(=CC=CC2=[N+](C(C)(C)C)c3ccc4ccccc4c3C2(C)C)N(C(C)(C)C)c2ccc3ccccc3c21.CCOc1ccc2c(c1)SC(=CC=Cc1sc3c([n+]1CC)C=CC(OCC)C3)N2CC.[C-]#[N+]c1c(C)c(C=CC=C2C(=O)N(CCCOC(C)C)C(=O)C(C#N)=C2C)c(=O)n(CCCOC(C)C)c1[O-].[C-]#[N+]c1c(C)c(C=CC=C2C(=O)N(CCCOC(C)C)C(=O)C(C#N)=C2C)c(=O)n(CCCOC(C)C)c1[O-]. The lowest BCUT2D eigenvalue weighted by Crippen LogP contribution is -2.43. The Hall–Kier alpha value is -13.7. The second-order valence-corrected chi connectivity index (χ2v) is 43.7. The average Bonchev–Trinajstić information content (AvgIpc) is 1.56. The Morgan fingerprint density at radius 3 is 1.47 bits per heavy atom. The minimum atomic E-state index is -0.654.